The minimum atomic E-state index is -1.41. The highest BCUT2D eigenvalue weighted by Crippen LogP contribution is 2.02. The highest BCUT2D eigenvalue weighted by Gasteiger charge is 2.23. The fourth-order valence-electron chi connectivity index (χ4n) is 5.18. The Bertz CT molecular complexity index is 1690. The number of aliphatic carboxylic acids is 4. The summed E-state index contributed by atoms with van der Waals surface area (Å²) in [5.74, 6) is -10.1. The van der Waals surface area contributed by atoms with Gasteiger partial charge in [0, 0.05) is 0 Å². The second-order valence-electron chi connectivity index (χ2n) is 15.4. The summed E-state index contributed by atoms with van der Waals surface area (Å²) in [5.41, 5.74) is 41.8. The first kappa shape index (κ1) is 160. The Kier molecular flexibility index (Phi) is 160. The summed E-state index contributed by atoms with van der Waals surface area (Å²) in [6.45, 7) is -5.03. The van der Waals surface area contributed by atoms with Gasteiger partial charge >= 0.3 is 23.9 Å². The predicted molar refractivity (Wildman–Crippen MR) is 415 cm³/mol. The van der Waals surface area contributed by atoms with Crippen LogP contribution in [-0.4, -0.2) is 273 Å². The van der Waals surface area contributed by atoms with Crippen molar-refractivity contribution in [1.29, 1.82) is 0 Å². The molecule has 38 heteroatoms. The molecule has 0 aromatic heterocycles. The van der Waals surface area contributed by atoms with Crippen molar-refractivity contribution in [3.05, 3.63) is 0 Å². The van der Waals surface area contributed by atoms with Gasteiger partial charge in [-0.05, 0) is 0 Å². The Morgan fingerprint density at radius 1 is 0.260 bits per heavy atom. The number of carboxylic acid groups (broad SMARTS) is 4. The number of carboxylic acids is 4. The molecule has 38 nitrogen and oxygen atoms in total. The molecule has 0 saturated carbocycles. The van der Waals surface area contributed by atoms with Gasteiger partial charge in [0.1, 0.15) is 62.8 Å². The fraction of sp³-hybridized carbons (Fsp3) is 0.806. The van der Waals surface area contributed by atoms with Crippen LogP contribution >= 0.6 is 0 Å². The van der Waals surface area contributed by atoms with Gasteiger partial charge in [-0.15, -0.1) is 0 Å². The van der Waals surface area contributed by atoms with E-state index in [1.807, 2.05) is 0 Å². The number of aliphatic imine (C=N–C) groups is 4. The third-order valence-electron chi connectivity index (χ3n) is 8.79. The number of rotatable bonds is 49. The lowest BCUT2D eigenvalue weighted by Crippen LogP contribution is -2.45. The second kappa shape index (κ2) is 100. The van der Waals surface area contributed by atoms with Crippen molar-refractivity contribution in [2.45, 2.75) is 200 Å². The first-order chi connectivity index (χ1) is 37.0. The van der Waals surface area contributed by atoms with Crippen LogP contribution in [0.2, 0.25) is 0 Å². The van der Waals surface area contributed by atoms with Gasteiger partial charge in [-0.2, -0.15) is 0 Å². The molecule has 0 saturated heterocycles. The number of hydrogen-bond acceptors (Lipinski definition) is 22. The summed E-state index contributed by atoms with van der Waals surface area (Å²) < 4.78 is 55.5. The first-order valence-corrected chi connectivity index (χ1v) is 23.2. The number of carbonyl (C=O) groups is 8. The van der Waals surface area contributed by atoms with Gasteiger partial charge in [0.15, 0.2) is 23.8 Å². The van der Waals surface area contributed by atoms with E-state index >= 15 is 0 Å². The maximum Gasteiger partial charge on any atom is 0.328 e. The molecule has 0 aliphatic rings. The Morgan fingerprint density at radius 2 is 0.410 bits per heavy atom. The molecule has 0 aromatic carbocycles. The van der Waals surface area contributed by atoms with E-state index in [0.29, 0.717) is 0 Å². The van der Waals surface area contributed by atoms with Gasteiger partial charge in [-0.1, -0.05) is 163 Å². The third-order valence-corrected chi connectivity index (χ3v) is 8.79. The summed E-state index contributed by atoms with van der Waals surface area (Å²) in [6.07, 6.45) is -1.55. The Hall–Kier alpha value is -7.56. The van der Waals surface area contributed by atoms with Crippen LogP contribution in [0, 0.1) is 0 Å². The zero-order chi connectivity index (χ0) is 58.7. The fourth-order valence-corrected chi connectivity index (χ4v) is 5.18. The van der Waals surface area contributed by atoms with Crippen molar-refractivity contribution in [2.24, 2.45) is 65.8 Å². The summed E-state index contributed by atoms with van der Waals surface area (Å²) in [4.78, 5) is 109. The molecule has 0 aliphatic heterocycles. The number of hydrogen-bond donors (Lipinski definition) is 16. The highest BCUT2D eigenvalue weighted by atomic mass is 16.6. The van der Waals surface area contributed by atoms with Crippen LogP contribution in [0.5, 0.6) is 0 Å². The molecule has 24 N–H and O–H groups in total. The largest absolute Gasteiger partial charge is 0.480 e. The summed E-state index contributed by atoms with van der Waals surface area (Å²) in [5, 5.41) is 46.1. The van der Waals surface area contributed by atoms with Crippen molar-refractivity contribution < 1.29 is 106 Å². The van der Waals surface area contributed by atoms with Crippen LogP contribution in [0.3, 0.4) is 0 Å². The number of nitrogens with zero attached hydrogens (tertiary/aromatic N) is 4. The SMILES string of the molecule is C.C.C.C.C.C.C.C.C.C.C.C.C.C.C.C.C.C.C.C.C.C.NC(N)=NCC(NC(=O)COCCOCC(COCCOCC(=O)NC(CN=C(N)N)C(=O)O)OCCOC(COCCOCC(=O)NC(CN=C(N)N)C(=O)O)COCCOCC(=O)NC(CN=C(N)N)C(=O)O)C(=O)O. The Balaban J connectivity index is -0.000000128. The van der Waals surface area contributed by atoms with Crippen molar-refractivity contribution in [2.75, 3.05) is 145 Å². The quantitative estimate of drug-likeness (QED) is 0.0236. The summed E-state index contributed by atoms with van der Waals surface area (Å²) in [7, 11) is 0. The average Bonchev–Trinajstić information content (AvgIpc) is 1.22. The third kappa shape index (κ3) is 94.6. The topological polar surface area (TPSA) is 616 Å². The van der Waals surface area contributed by atoms with Crippen LogP contribution in [0.25, 0.3) is 0 Å². The first-order valence-electron chi connectivity index (χ1n) is 23.2. The zero-order valence-electron chi connectivity index (χ0n) is 42.6. The Labute approximate surface area is 607 Å². The lowest BCUT2D eigenvalue weighted by Gasteiger charge is -2.21. The minimum Gasteiger partial charge on any atom is -0.480 e. The van der Waals surface area contributed by atoms with E-state index < -0.39 is 136 Å². The van der Waals surface area contributed by atoms with Gasteiger partial charge in [0.25, 0.3) is 0 Å². The molecule has 4 unspecified atom stereocenters. The van der Waals surface area contributed by atoms with E-state index in [1.165, 1.54) is 0 Å². The number of guanidine groups is 4. The van der Waals surface area contributed by atoms with E-state index in [1.54, 1.807) is 0 Å². The second-order valence-corrected chi connectivity index (χ2v) is 15.4. The van der Waals surface area contributed by atoms with E-state index in [4.69, 9.17) is 93.2 Å². The number of nitrogens with two attached hydrogens (primary N) is 8. The lowest BCUT2D eigenvalue weighted by molar-refractivity contribution is -0.142. The summed E-state index contributed by atoms with van der Waals surface area (Å²) >= 11 is 0. The van der Waals surface area contributed by atoms with E-state index in [-0.39, 0.29) is 280 Å². The molecule has 0 heterocycles. The van der Waals surface area contributed by atoms with E-state index in [2.05, 4.69) is 41.2 Å². The van der Waals surface area contributed by atoms with Gasteiger partial charge < -0.3 is 135 Å². The molecule has 100 heavy (non-hydrogen) atoms. The maximum absolute atomic E-state index is 12.2. The number of amides is 4. The van der Waals surface area contributed by atoms with Crippen molar-refractivity contribution in [1.82, 2.24) is 21.3 Å². The number of nitrogens with one attached hydrogen (secondary N) is 4. The average molecular weight is 1480 g/mol. The molecule has 0 aromatic rings. The molecule has 0 fully saturated rings. The van der Waals surface area contributed by atoms with Crippen LogP contribution in [0.4, 0.5) is 0 Å². The smallest absolute Gasteiger partial charge is 0.328 e. The molecule has 0 rings (SSSR count). The molecular weight excluding hydrogens is 1320 g/mol. The van der Waals surface area contributed by atoms with E-state index in [9.17, 15) is 58.8 Å². The van der Waals surface area contributed by atoms with Crippen molar-refractivity contribution in [3.8, 4) is 0 Å². The highest BCUT2D eigenvalue weighted by molar-refractivity contribution is 5.87. The van der Waals surface area contributed by atoms with Crippen LogP contribution in [0.1, 0.15) is 163 Å². The molecular formula is C62H162N16O22. The zero-order valence-corrected chi connectivity index (χ0v) is 42.6. The normalized spacial score (nSPS) is 10.3. The van der Waals surface area contributed by atoms with Gasteiger partial charge in [-0.25, -0.2) is 19.2 Å². The summed E-state index contributed by atoms with van der Waals surface area (Å²) in [6, 6.07) is -5.65. The molecule has 622 valence electrons. The monoisotopic (exact) mass is 1480 g/mol. The van der Waals surface area contributed by atoms with Crippen molar-refractivity contribution >= 4 is 71.3 Å². The van der Waals surface area contributed by atoms with E-state index in [0.717, 1.165) is 0 Å². The maximum atomic E-state index is 12.2. The van der Waals surface area contributed by atoms with Crippen LogP contribution < -0.4 is 67.1 Å². The van der Waals surface area contributed by atoms with Crippen LogP contribution in [-0.2, 0) is 85.7 Å². The van der Waals surface area contributed by atoms with Gasteiger partial charge in [-0.3, -0.25) is 39.1 Å². The van der Waals surface area contributed by atoms with Crippen molar-refractivity contribution in [3.63, 3.8) is 0 Å². The Morgan fingerprint density at radius 3 is 0.550 bits per heavy atom. The van der Waals surface area contributed by atoms with Crippen LogP contribution in [0.15, 0.2) is 20.0 Å². The molecule has 4 atom stereocenters. The molecule has 0 spiro atoms. The molecule has 0 bridgehead atoms. The minimum absolute atomic E-state index is 0. The predicted octanol–water partition coefficient (Wildman–Crippen LogP) is 3.25. The number of ether oxygens (including phenoxy) is 10. The molecule has 0 aliphatic carbocycles. The standard InChI is InChI=1S/C40H74N16O22.22CH4/c41-37(42)49-11-25(33(61)62)53-29(57)19-73-5-1-69-15-23(16-70-2-6-74-20-30(58)54-26(34(63)64)12-50-38(43)44)77-9-10-78-24(17-71-3-7-75-21-31(59)55-27(35(65)66)13-51-39(45)46)18-72-4-8-76-22-32(60)56-28(36(67)68)14-52-40(47)48;;;;;;;;;;;;;;;;;;;;;;/h23-28H,1-22H2,(H,53,57)(H,54,58)(H,55,59)(H,56,60)(H,61,62)(H,63,64)(H,65,66)(H,67,68)(H4,41,42,49)(H4,43,44,50)(H4,45,46,51)(H4,47,48,52);22*1H4. The van der Waals surface area contributed by atoms with Gasteiger partial charge in [0.05, 0.1) is 119 Å². The molecule has 0 radical (unpaired) electrons. The number of carbonyl (C=O) groups excluding carboxylic acids is 4. The van der Waals surface area contributed by atoms with Gasteiger partial charge in [0.2, 0.25) is 23.6 Å². The molecule has 4 amide bonds. The lowest BCUT2D eigenvalue weighted by atomic mass is 10.3.